The second-order valence-electron chi connectivity index (χ2n) is 36.4. The van der Waals surface area contributed by atoms with Crippen LogP contribution in [-0.2, 0) is 152 Å². The molecule has 830 valence electrons. The molecule has 0 amide bonds. The van der Waals surface area contributed by atoms with E-state index in [1.54, 1.807) is 0 Å². The SMILES string of the molecule is O=C(CCC(F)(F)C(F)(F)S(=O)(=O)[O-])OC12CC3CC(CC(O)(C3)C1)C2.O=C(CCC(F)(F)C(F)(F)S(=O)(=O)[O-])OC1C2CCC(C2)C1OC(=O)C1CCCCC1.O=C(CS(=O)(=O)[O-])OC1C2CC3C1OS(=O)(=O)C3C2.O=C(OC(F)(F)S(=O)(=O)[O-])C12CC3CC(CC(C3)C1)C2.O=C1OCCCCC1C(=O)OCC(F)(F)S(=O)(=O)[O-].O=S(=O)(N1CCCCC1)C(F)(F)F.O=S(=O)([O-])C(F)(F)CF.[CH3+].[CH3+].[CH3+].[CH3+].[CH3+].[CH3+]. The predicted molar refractivity (Wildman–Crippen MR) is 446 cm³/mol. The molecule has 3 saturated heterocycles. The third kappa shape index (κ3) is 32.0. The highest BCUT2D eigenvalue weighted by Crippen LogP contribution is 2.63. The van der Waals surface area contributed by atoms with Gasteiger partial charge in [-0.2, -0.15) is 87.4 Å². The van der Waals surface area contributed by atoms with Gasteiger partial charge in [0.1, 0.15) is 45.9 Å². The highest BCUT2D eigenvalue weighted by atomic mass is 32.2. The Hall–Kier alpha value is -6.51. The zero-order chi connectivity index (χ0) is 104. The van der Waals surface area contributed by atoms with Crippen molar-refractivity contribution >= 4 is 123 Å². The van der Waals surface area contributed by atoms with Crippen LogP contribution in [0.2, 0.25) is 0 Å². The van der Waals surface area contributed by atoms with E-state index in [1.165, 1.54) is 0 Å². The van der Waals surface area contributed by atoms with Crippen LogP contribution in [0.5, 0.6) is 0 Å². The first-order chi connectivity index (χ1) is 62.1. The Balaban J connectivity index is 0.000000574. The Morgan fingerprint density at radius 3 is 1.34 bits per heavy atom. The van der Waals surface area contributed by atoms with E-state index >= 15 is 0 Å². The van der Waals surface area contributed by atoms with Gasteiger partial charge in [-0.25, -0.2) is 63.3 Å². The van der Waals surface area contributed by atoms with Gasteiger partial charge in [-0.15, -0.1) is 0 Å². The molecule has 0 radical (unpaired) electrons. The van der Waals surface area contributed by atoms with E-state index in [0.717, 1.165) is 70.6 Å². The summed E-state index contributed by atoms with van der Waals surface area (Å²) in [6.07, 6.45) is 8.75. The largest absolute Gasteiger partial charge is 0.748 e. The van der Waals surface area contributed by atoms with Gasteiger partial charge in [0.15, 0.2) is 59.7 Å². The second kappa shape index (κ2) is 48.2. The average molecular weight is 2270 g/mol. The van der Waals surface area contributed by atoms with Crippen LogP contribution in [0.15, 0.2) is 0 Å². The molecule has 3 heterocycles. The maximum absolute atomic E-state index is 13.6. The van der Waals surface area contributed by atoms with E-state index in [0.29, 0.717) is 118 Å². The molecule has 0 aromatic heterocycles. The molecule has 1 N–H and O–H groups in total. The molecule has 13 saturated carbocycles. The first-order valence-corrected chi connectivity index (χ1v) is 53.6. The summed E-state index contributed by atoms with van der Waals surface area (Å²) in [6, 6.07) is 0. The van der Waals surface area contributed by atoms with E-state index in [1.807, 2.05) is 0 Å². The van der Waals surface area contributed by atoms with E-state index in [2.05, 4.69) is 14.2 Å². The van der Waals surface area contributed by atoms with E-state index in [-0.39, 0.29) is 124 Å². The first-order valence-electron chi connectivity index (χ1n) is 42.1. The number of rotatable bonds is 27. The number of alkyl halides is 18. The summed E-state index contributed by atoms with van der Waals surface area (Å²) in [4.78, 5) is 82.5. The monoisotopic (exact) mass is 2270 g/mol. The number of fused-ring (bicyclic) bond motifs is 3. The average Bonchev–Trinajstić information content (AvgIpc) is 1.58. The number of nitrogens with zero attached hydrogens (tertiary/aromatic N) is 1. The number of hydrogen-bond acceptors (Lipinski definition) is 38. The Morgan fingerprint density at radius 2 is 0.916 bits per heavy atom. The van der Waals surface area contributed by atoms with Crippen LogP contribution < -0.4 is 0 Å². The quantitative estimate of drug-likeness (QED) is 0.0152. The fraction of sp³-hybridized carbons (Fsp3) is 0.833. The fourth-order valence-corrected chi connectivity index (χ4v) is 25.4. The zero-order valence-electron chi connectivity index (χ0n) is 77.2. The first kappa shape index (κ1) is 133. The van der Waals surface area contributed by atoms with Crippen molar-refractivity contribution in [1.29, 1.82) is 0 Å². The predicted octanol–water partition coefficient (Wildman–Crippen LogP) is 10.1. The van der Waals surface area contributed by atoms with E-state index in [4.69, 9.17) is 23.1 Å². The number of ether oxygens (including phenoxy) is 7. The normalized spacial score (nSPS) is 30.1. The second-order valence-corrected chi connectivity index (χ2v) is 48.8. The Morgan fingerprint density at radius 1 is 0.476 bits per heavy atom. The summed E-state index contributed by atoms with van der Waals surface area (Å²) in [5.41, 5.74) is -13.1. The molecule has 12 bridgehead atoms. The minimum atomic E-state index is -6.61. The smallest absolute Gasteiger partial charge is 0.511 e. The van der Waals surface area contributed by atoms with Crippen molar-refractivity contribution in [2.75, 3.05) is 38.7 Å². The maximum atomic E-state index is 13.6. The van der Waals surface area contributed by atoms with E-state index < -0.39 is 257 Å². The van der Waals surface area contributed by atoms with Gasteiger partial charge in [0.2, 0.25) is 10.1 Å². The molecule has 0 spiro atoms. The highest BCUT2D eigenvalue weighted by molar-refractivity contribution is 7.90. The van der Waals surface area contributed by atoms with Gasteiger partial charge in [0, 0.05) is 101 Å². The van der Waals surface area contributed by atoms with Crippen molar-refractivity contribution in [2.45, 2.75) is 290 Å². The minimum absolute atomic E-state index is 0. The molecular weight excluding hydrogens is 2160 g/mol. The van der Waals surface area contributed by atoms with Crippen LogP contribution in [-0.4, -0.2) is 269 Å². The van der Waals surface area contributed by atoms with Crippen molar-refractivity contribution < 1.29 is 250 Å². The number of aliphatic hydroxyl groups is 1. The van der Waals surface area contributed by atoms with E-state index in [9.17, 15) is 212 Å². The van der Waals surface area contributed by atoms with Crippen molar-refractivity contribution in [2.24, 2.45) is 70.5 Å². The summed E-state index contributed by atoms with van der Waals surface area (Å²) < 4.78 is 495. The van der Waals surface area contributed by atoms with Crippen molar-refractivity contribution in [3.63, 3.8) is 0 Å². The van der Waals surface area contributed by atoms with Crippen LogP contribution in [0.4, 0.5) is 79.0 Å². The minimum Gasteiger partial charge on any atom is -0.748 e. The van der Waals surface area contributed by atoms with Crippen molar-refractivity contribution in [3.05, 3.63) is 44.6 Å². The van der Waals surface area contributed by atoms with Gasteiger partial charge in [-0.05, 0) is 177 Å². The molecule has 39 nitrogen and oxygen atoms in total. The third-order valence-corrected chi connectivity index (χ3v) is 34.4. The van der Waals surface area contributed by atoms with Crippen LogP contribution in [0.3, 0.4) is 0 Å². The van der Waals surface area contributed by atoms with Gasteiger partial charge in [-0.1, -0.05) is 25.7 Å². The Kier molecular flexibility index (Phi) is 44.7. The Labute approximate surface area is 816 Å². The number of sulfonamides is 1. The number of carbonyl (C=O) groups excluding carboxylic acids is 7. The standard InChI is InChI=1S/C19H26F4O7S.C15H20F4O6S.C12H16F2O5S.C9H12F2O7S.C9H12O8S2.C6H10F3NO2S.C2H3F3O3S.6CH3/c20-18(21,19(22,23)31(26,27)28)9-8-14(24)29-15-12-6-7-13(10-12)16(15)30-17(25)11-4-2-1-3-5-11;16-14(17,15(18,19)26(22,23)24)2-1-11(20)25-13-6-9-3-10(7-13)5-12(21,4-9)8-13;13-12(14,20(16,17)18)19-10(15)11-4-7-1-8(5-11)3-9(2-7)6-11;10-9(11,19(14,15)16)5-18-8(13)6-3-1-2-4-17-7(6)12;10-7(3-18(11,12)13)16-8-4-1-5-6(2-4)19(14,15)17-9(5)8;7-6(8,9)13(11,12)10-4-2-1-3-5-10;3-1-2(4,5)9(6,7)8;;;;;;/h11-13,15-16H,1-10H2,(H,26,27,28);9-10,21H,1-8H2,(H,22,23,24);7-9H,1-6H2,(H,16,17,18);6H,1-5H2,(H,14,15,16);4-6,8-9H,1-3H2,(H,11,12,13);1-5H2;1H2,(H,6,7,8);6*1H3/q;;;;;;;6*+1/p-6. The zero-order valence-corrected chi connectivity index (χ0v) is 83.7. The molecule has 12 unspecified atom stereocenters. The summed E-state index contributed by atoms with van der Waals surface area (Å²) >= 11 is 0. The van der Waals surface area contributed by atoms with Gasteiger partial charge < -0.3 is 65.6 Å². The number of piperidine rings is 1. The van der Waals surface area contributed by atoms with Crippen LogP contribution in [0.25, 0.3) is 0 Å². The lowest BCUT2D eigenvalue weighted by molar-refractivity contribution is -0.222. The molecule has 143 heavy (non-hydrogen) atoms. The molecule has 0 aromatic carbocycles. The lowest BCUT2D eigenvalue weighted by atomic mass is 9.49. The van der Waals surface area contributed by atoms with Crippen molar-refractivity contribution in [3.8, 4) is 0 Å². The number of esters is 7. The maximum Gasteiger partial charge on any atom is 0.511 e. The summed E-state index contributed by atoms with van der Waals surface area (Å²) in [5, 5.41) is -11.2. The third-order valence-electron chi connectivity index (χ3n) is 26.2. The number of hydrogen-bond donors (Lipinski definition) is 1. The number of cyclic esters (lactones) is 1. The van der Waals surface area contributed by atoms with Crippen molar-refractivity contribution in [1.82, 2.24) is 4.31 Å². The molecule has 16 aliphatic rings. The molecule has 3 aliphatic heterocycles. The topological polar surface area (TPSA) is 628 Å². The van der Waals surface area contributed by atoms with Gasteiger partial charge >= 0.3 is 95.6 Å². The fourth-order valence-electron chi connectivity index (χ4n) is 20.7. The Bertz CT molecular complexity index is 5320. The lowest BCUT2D eigenvalue weighted by Gasteiger charge is -2.59. The molecule has 65 heteroatoms. The molecular formula is C78H111F18NO38S8. The summed E-state index contributed by atoms with van der Waals surface area (Å²) in [6.45, 7) is -4.29. The molecule has 13 aliphatic carbocycles. The number of carbonyl (C=O) groups is 7. The molecule has 12 atom stereocenters. The van der Waals surface area contributed by atoms with Gasteiger partial charge in [-0.3, -0.25) is 37.7 Å². The summed E-state index contributed by atoms with van der Waals surface area (Å²) in [5.74, 6) is -19.8. The highest BCUT2D eigenvalue weighted by Gasteiger charge is 2.68. The summed E-state index contributed by atoms with van der Waals surface area (Å²) in [7, 11) is -44.3. The molecule has 16 rings (SSSR count). The molecule has 16 fully saturated rings. The van der Waals surface area contributed by atoms with Gasteiger partial charge in [0.05, 0.1) is 41.6 Å². The number of halogens is 18. The molecule has 0 aromatic rings. The van der Waals surface area contributed by atoms with Crippen LogP contribution in [0, 0.1) is 115 Å². The van der Waals surface area contributed by atoms with Gasteiger partial charge in [0.25, 0.3) is 10.1 Å². The van der Waals surface area contributed by atoms with Crippen LogP contribution in [0.1, 0.15) is 205 Å². The lowest BCUT2D eigenvalue weighted by Crippen LogP contribution is -2.60. The van der Waals surface area contributed by atoms with Crippen LogP contribution >= 0.6 is 0 Å².